The molecule has 3 aromatic carbocycles. The lowest BCUT2D eigenvalue weighted by Crippen LogP contribution is -2.18. The molecule has 36 heavy (non-hydrogen) atoms. The van der Waals surface area contributed by atoms with Crippen LogP contribution in [0.1, 0.15) is 11.1 Å². The van der Waals surface area contributed by atoms with Crippen molar-refractivity contribution in [2.45, 2.75) is 19.0 Å². The number of para-hydroxylation sites is 1. The molecule has 0 unspecified atom stereocenters. The van der Waals surface area contributed by atoms with E-state index in [-0.39, 0.29) is 11.7 Å². The quantitative estimate of drug-likeness (QED) is 0.247. The number of nitrogens with two attached hydrogens (primary N) is 1. The van der Waals surface area contributed by atoms with Gasteiger partial charge in [-0.25, -0.2) is 9.36 Å². The smallest absolute Gasteiger partial charge is 0.236 e. The molecule has 5 aromatic rings. The number of nitrogens with one attached hydrogen (secondary N) is 1. The summed E-state index contributed by atoms with van der Waals surface area (Å²) in [5.74, 6) is 7.25. The lowest BCUT2D eigenvalue weighted by molar-refractivity contribution is -0.113. The molecule has 5 rings (SSSR count). The fourth-order valence-corrected chi connectivity index (χ4v) is 4.34. The number of amides is 1. The van der Waals surface area contributed by atoms with Gasteiger partial charge in [0.2, 0.25) is 11.1 Å². The third-order valence-electron chi connectivity index (χ3n) is 5.63. The molecule has 0 atom stereocenters. The first-order valence-corrected chi connectivity index (χ1v) is 12.4. The van der Waals surface area contributed by atoms with Crippen LogP contribution in [0.5, 0.6) is 0 Å². The summed E-state index contributed by atoms with van der Waals surface area (Å²) in [6.45, 7) is 4.06. The second-order valence-electron chi connectivity index (χ2n) is 8.41. The van der Waals surface area contributed by atoms with E-state index in [4.69, 9.17) is 10.9 Å². The molecule has 0 radical (unpaired) electrons. The zero-order chi connectivity index (χ0) is 25.1. The number of hydrogen-bond acceptors (Lipinski definition) is 6. The standard InChI is InChI=1S/C27H25N7OS/c1-18-8-12-20(13-9-18)23-16-24(34(32-23)22-6-4-3-5-7-22)29-25(35)17-36-27-31-30-26(33(27)28)21-14-10-19(2)11-15-21/h3-16H,17,28H2,1-2H3,(H,29,35). The van der Waals surface area contributed by atoms with E-state index in [1.165, 1.54) is 22.0 Å². The maximum atomic E-state index is 12.9. The van der Waals surface area contributed by atoms with Crippen LogP contribution in [0.3, 0.4) is 0 Å². The van der Waals surface area contributed by atoms with Gasteiger partial charge in [0, 0.05) is 17.2 Å². The molecule has 0 saturated carbocycles. The molecule has 3 N–H and O–H groups in total. The topological polar surface area (TPSA) is 104 Å². The van der Waals surface area contributed by atoms with E-state index in [1.807, 2.05) is 98.8 Å². The first-order chi connectivity index (χ1) is 17.5. The maximum Gasteiger partial charge on any atom is 0.236 e. The third-order valence-corrected chi connectivity index (χ3v) is 6.57. The van der Waals surface area contributed by atoms with Crippen molar-refractivity contribution >= 4 is 23.5 Å². The Labute approximate surface area is 213 Å². The van der Waals surface area contributed by atoms with Gasteiger partial charge < -0.3 is 11.2 Å². The largest absolute Gasteiger partial charge is 0.335 e. The molecule has 9 heteroatoms. The first-order valence-electron chi connectivity index (χ1n) is 11.4. The number of nitrogen functional groups attached to an aromatic ring is 1. The van der Waals surface area contributed by atoms with Crippen molar-refractivity contribution in [1.29, 1.82) is 0 Å². The first kappa shape index (κ1) is 23.4. The van der Waals surface area contributed by atoms with Gasteiger partial charge in [-0.3, -0.25) is 4.79 Å². The van der Waals surface area contributed by atoms with Crippen molar-refractivity contribution in [3.63, 3.8) is 0 Å². The fourth-order valence-electron chi connectivity index (χ4n) is 3.69. The van der Waals surface area contributed by atoms with Crippen LogP contribution in [0.4, 0.5) is 5.82 Å². The van der Waals surface area contributed by atoms with Crippen molar-refractivity contribution < 1.29 is 4.79 Å². The molecule has 2 heterocycles. The number of rotatable bonds is 7. The minimum atomic E-state index is -0.201. The van der Waals surface area contributed by atoms with Crippen LogP contribution < -0.4 is 11.2 Å². The number of nitrogens with zero attached hydrogens (tertiary/aromatic N) is 5. The van der Waals surface area contributed by atoms with E-state index < -0.39 is 0 Å². The highest BCUT2D eigenvalue weighted by molar-refractivity contribution is 7.99. The molecule has 0 aliphatic carbocycles. The van der Waals surface area contributed by atoms with E-state index in [9.17, 15) is 4.79 Å². The Bertz CT molecular complexity index is 1490. The van der Waals surface area contributed by atoms with Gasteiger partial charge in [0.05, 0.1) is 17.1 Å². The Morgan fingerprint density at radius 1 is 0.889 bits per heavy atom. The Kier molecular flexibility index (Phi) is 6.55. The van der Waals surface area contributed by atoms with Crippen LogP contribution in [0.15, 0.2) is 90.1 Å². The molecule has 0 aliphatic rings. The summed E-state index contributed by atoms with van der Waals surface area (Å²) in [6.07, 6.45) is 0. The molecule has 0 fully saturated rings. The van der Waals surface area contributed by atoms with Gasteiger partial charge in [0.1, 0.15) is 5.82 Å². The summed E-state index contributed by atoms with van der Waals surface area (Å²) in [5, 5.41) is 16.6. The normalized spacial score (nSPS) is 10.9. The van der Waals surface area contributed by atoms with Gasteiger partial charge in [-0.15, -0.1) is 10.2 Å². The fraction of sp³-hybridized carbons (Fsp3) is 0.111. The van der Waals surface area contributed by atoms with Crippen LogP contribution in [0.25, 0.3) is 28.3 Å². The second-order valence-corrected chi connectivity index (χ2v) is 9.35. The number of carbonyl (C=O) groups excluding carboxylic acids is 1. The van der Waals surface area contributed by atoms with E-state index in [1.54, 1.807) is 4.68 Å². The van der Waals surface area contributed by atoms with Gasteiger partial charge in [0.25, 0.3) is 0 Å². The van der Waals surface area contributed by atoms with Crippen LogP contribution in [0.2, 0.25) is 0 Å². The van der Waals surface area contributed by atoms with Crippen molar-refractivity contribution in [2.24, 2.45) is 0 Å². The zero-order valence-electron chi connectivity index (χ0n) is 19.9. The molecule has 0 saturated heterocycles. The van der Waals surface area contributed by atoms with Crippen molar-refractivity contribution in [3.05, 3.63) is 96.1 Å². The SMILES string of the molecule is Cc1ccc(-c2cc(NC(=O)CSc3nnc(-c4ccc(C)cc4)n3N)n(-c3ccccc3)n2)cc1. The Balaban J connectivity index is 1.33. The highest BCUT2D eigenvalue weighted by atomic mass is 32.2. The average Bonchev–Trinajstić information content (AvgIpc) is 3.47. The summed E-state index contributed by atoms with van der Waals surface area (Å²) in [6, 6.07) is 27.6. The van der Waals surface area contributed by atoms with Gasteiger partial charge in [-0.05, 0) is 26.0 Å². The number of thioether (sulfide) groups is 1. The molecular weight excluding hydrogens is 470 g/mol. The van der Waals surface area contributed by atoms with Crippen molar-refractivity contribution in [1.82, 2.24) is 24.7 Å². The van der Waals surface area contributed by atoms with E-state index in [2.05, 4.69) is 15.5 Å². The predicted octanol–water partition coefficient (Wildman–Crippen LogP) is 4.86. The Morgan fingerprint density at radius 2 is 1.53 bits per heavy atom. The number of hydrogen-bond donors (Lipinski definition) is 2. The average molecular weight is 496 g/mol. The summed E-state index contributed by atoms with van der Waals surface area (Å²) in [7, 11) is 0. The molecule has 1 amide bonds. The summed E-state index contributed by atoms with van der Waals surface area (Å²) < 4.78 is 3.14. The predicted molar refractivity (Wildman–Crippen MR) is 143 cm³/mol. The summed E-state index contributed by atoms with van der Waals surface area (Å²) in [5.41, 5.74) is 5.77. The molecule has 0 spiro atoms. The number of anilines is 1. The summed E-state index contributed by atoms with van der Waals surface area (Å²) in [4.78, 5) is 12.9. The van der Waals surface area contributed by atoms with E-state index in [0.717, 1.165) is 28.1 Å². The number of aryl methyl sites for hydroxylation is 2. The zero-order valence-corrected chi connectivity index (χ0v) is 20.7. The molecule has 180 valence electrons. The molecule has 0 bridgehead atoms. The van der Waals surface area contributed by atoms with Gasteiger partial charge in [-0.2, -0.15) is 5.10 Å². The molecular formula is C27H25N7OS. The van der Waals surface area contributed by atoms with Gasteiger partial charge in [-0.1, -0.05) is 89.6 Å². The number of carbonyl (C=O) groups is 1. The minimum Gasteiger partial charge on any atom is -0.335 e. The van der Waals surface area contributed by atoms with Crippen molar-refractivity contribution in [3.8, 4) is 28.3 Å². The Morgan fingerprint density at radius 3 is 2.19 bits per heavy atom. The van der Waals surface area contributed by atoms with Crippen molar-refractivity contribution in [2.75, 3.05) is 16.9 Å². The molecule has 8 nitrogen and oxygen atoms in total. The van der Waals surface area contributed by atoms with E-state index >= 15 is 0 Å². The summed E-state index contributed by atoms with van der Waals surface area (Å²) >= 11 is 1.22. The van der Waals surface area contributed by atoms with Crippen LogP contribution in [-0.2, 0) is 4.79 Å². The lowest BCUT2D eigenvalue weighted by atomic mass is 10.1. The third kappa shape index (κ3) is 5.01. The maximum absolute atomic E-state index is 12.9. The van der Waals surface area contributed by atoms with Crippen LogP contribution in [-0.4, -0.2) is 36.3 Å². The number of aromatic nitrogens is 5. The van der Waals surface area contributed by atoms with Crippen LogP contribution in [0, 0.1) is 13.8 Å². The minimum absolute atomic E-state index is 0.114. The molecule has 0 aliphatic heterocycles. The highest BCUT2D eigenvalue weighted by Gasteiger charge is 2.17. The highest BCUT2D eigenvalue weighted by Crippen LogP contribution is 2.26. The molecule has 2 aromatic heterocycles. The Hall–Kier alpha value is -4.37. The monoisotopic (exact) mass is 495 g/mol. The lowest BCUT2D eigenvalue weighted by Gasteiger charge is -2.08. The second kappa shape index (κ2) is 10.1. The van der Waals surface area contributed by atoms with Gasteiger partial charge in [0.15, 0.2) is 5.82 Å². The van der Waals surface area contributed by atoms with E-state index in [0.29, 0.717) is 16.8 Å². The van der Waals surface area contributed by atoms with Crippen LogP contribution >= 0.6 is 11.8 Å². The van der Waals surface area contributed by atoms with Gasteiger partial charge >= 0.3 is 0 Å². The number of benzene rings is 3.